The maximum Gasteiger partial charge on any atom is 0.319 e. The van der Waals surface area contributed by atoms with E-state index in [1.807, 2.05) is 4.90 Å². The number of aldehydes is 1. The van der Waals surface area contributed by atoms with E-state index in [0.29, 0.717) is 47.5 Å². The molecule has 0 bridgehead atoms. The fourth-order valence-electron chi connectivity index (χ4n) is 6.39. The lowest BCUT2D eigenvalue weighted by molar-refractivity contribution is -0.138. The number of urea groups is 1. The number of benzene rings is 1. The molecule has 9 nitrogen and oxygen atoms in total. The van der Waals surface area contributed by atoms with Gasteiger partial charge in [-0.25, -0.2) is 4.79 Å². The van der Waals surface area contributed by atoms with Crippen molar-refractivity contribution < 1.29 is 19.2 Å². The van der Waals surface area contributed by atoms with Crippen molar-refractivity contribution in [2.75, 3.05) is 57.3 Å². The first-order valence-corrected chi connectivity index (χ1v) is 15.4. The van der Waals surface area contributed by atoms with Gasteiger partial charge in [0.1, 0.15) is 6.29 Å². The first-order valence-electron chi connectivity index (χ1n) is 15.0. The Morgan fingerprint density at radius 2 is 1.65 bits per heavy atom. The molecule has 4 amide bonds. The van der Waals surface area contributed by atoms with Crippen LogP contribution in [0, 0.1) is 11.8 Å². The van der Waals surface area contributed by atoms with Crippen molar-refractivity contribution in [2.45, 2.75) is 64.2 Å². The monoisotopic (exact) mass is 573 g/mol. The van der Waals surface area contributed by atoms with E-state index in [4.69, 9.17) is 17.3 Å². The van der Waals surface area contributed by atoms with E-state index >= 15 is 0 Å². The molecule has 0 aromatic heterocycles. The SMILES string of the molecule is NC(=O)N(CCC=O)c1cc(C(=O)N2CCC(CCCN3CCN(C(=O)C4CCCCC4)CC3)CC2)ccc1Cl. The maximum atomic E-state index is 13.2. The highest BCUT2D eigenvalue weighted by molar-refractivity contribution is 6.34. The maximum absolute atomic E-state index is 13.2. The van der Waals surface area contributed by atoms with Crippen LogP contribution >= 0.6 is 11.6 Å². The Morgan fingerprint density at radius 3 is 2.30 bits per heavy atom. The van der Waals surface area contributed by atoms with Crippen molar-refractivity contribution in [3.05, 3.63) is 28.8 Å². The molecule has 2 N–H and O–H groups in total. The van der Waals surface area contributed by atoms with Gasteiger partial charge in [-0.1, -0.05) is 30.9 Å². The van der Waals surface area contributed by atoms with Crippen molar-refractivity contribution in [3.63, 3.8) is 0 Å². The molecule has 10 heteroatoms. The van der Waals surface area contributed by atoms with E-state index in [0.717, 1.165) is 71.2 Å². The van der Waals surface area contributed by atoms with Crippen LogP contribution in [0.15, 0.2) is 18.2 Å². The van der Waals surface area contributed by atoms with Gasteiger partial charge in [-0.15, -0.1) is 0 Å². The Labute approximate surface area is 243 Å². The van der Waals surface area contributed by atoms with Crippen molar-refractivity contribution in [1.82, 2.24) is 14.7 Å². The van der Waals surface area contributed by atoms with Crippen LogP contribution in [0.4, 0.5) is 10.5 Å². The van der Waals surface area contributed by atoms with Gasteiger partial charge in [0.2, 0.25) is 5.91 Å². The third kappa shape index (κ3) is 7.97. The molecule has 2 heterocycles. The smallest absolute Gasteiger partial charge is 0.319 e. The molecule has 4 rings (SSSR count). The standard InChI is InChI=1S/C30H44ClN5O4/c31-26-10-9-25(22-27(26)36(30(32)40)14-5-21-37)29(39)34-15-11-23(12-16-34)6-4-13-33-17-19-35(20-18-33)28(38)24-7-2-1-3-8-24/h9-10,21-24H,1-8,11-20H2,(H2,32,40). The summed E-state index contributed by atoms with van der Waals surface area (Å²) in [5.41, 5.74) is 6.29. The molecule has 2 saturated heterocycles. The van der Waals surface area contributed by atoms with E-state index in [1.165, 1.54) is 24.2 Å². The fourth-order valence-corrected chi connectivity index (χ4v) is 6.61. The molecule has 1 aromatic rings. The van der Waals surface area contributed by atoms with E-state index in [1.54, 1.807) is 18.2 Å². The van der Waals surface area contributed by atoms with E-state index in [2.05, 4.69) is 9.80 Å². The topological polar surface area (TPSA) is 107 Å². The summed E-state index contributed by atoms with van der Waals surface area (Å²) in [6, 6.07) is 4.14. The van der Waals surface area contributed by atoms with Crippen LogP contribution < -0.4 is 10.6 Å². The number of rotatable bonds is 10. The second-order valence-corrected chi connectivity index (χ2v) is 11.9. The molecule has 0 unspecified atom stereocenters. The number of carbonyl (C=O) groups is 4. The number of carbonyl (C=O) groups excluding carboxylic acids is 4. The predicted octanol–water partition coefficient (Wildman–Crippen LogP) is 4.17. The Kier molecular flexibility index (Phi) is 11.2. The van der Waals surface area contributed by atoms with Gasteiger partial charge in [0.05, 0.1) is 10.7 Å². The van der Waals surface area contributed by atoms with Gasteiger partial charge >= 0.3 is 6.03 Å². The van der Waals surface area contributed by atoms with Crippen LogP contribution in [0.3, 0.4) is 0 Å². The van der Waals surface area contributed by atoms with E-state index in [-0.39, 0.29) is 24.8 Å². The second-order valence-electron chi connectivity index (χ2n) is 11.5. The van der Waals surface area contributed by atoms with Gasteiger partial charge in [0, 0.05) is 63.7 Å². The zero-order chi connectivity index (χ0) is 28.5. The quantitative estimate of drug-likeness (QED) is 0.423. The van der Waals surface area contributed by atoms with Crippen molar-refractivity contribution in [3.8, 4) is 0 Å². The lowest BCUT2D eigenvalue weighted by Crippen LogP contribution is -2.50. The van der Waals surface area contributed by atoms with Crippen LogP contribution in [0.25, 0.3) is 0 Å². The van der Waals surface area contributed by atoms with Gasteiger partial charge in [0.15, 0.2) is 0 Å². The number of primary amides is 1. The van der Waals surface area contributed by atoms with Crippen molar-refractivity contribution >= 4 is 41.4 Å². The number of halogens is 1. The lowest BCUT2D eigenvalue weighted by atomic mass is 9.88. The highest BCUT2D eigenvalue weighted by Crippen LogP contribution is 2.30. The summed E-state index contributed by atoms with van der Waals surface area (Å²) in [7, 11) is 0. The zero-order valence-corrected chi connectivity index (χ0v) is 24.3. The molecular weight excluding hydrogens is 530 g/mol. The van der Waals surface area contributed by atoms with Gasteiger partial charge in [0.25, 0.3) is 5.91 Å². The largest absolute Gasteiger partial charge is 0.351 e. The number of amides is 4. The molecule has 2 aliphatic heterocycles. The highest BCUT2D eigenvalue weighted by Gasteiger charge is 2.29. The third-order valence-electron chi connectivity index (χ3n) is 8.85. The minimum atomic E-state index is -0.719. The molecule has 1 aromatic carbocycles. The normalized spacial score (nSPS) is 19.4. The number of piperidine rings is 1. The molecule has 3 fully saturated rings. The van der Waals surface area contributed by atoms with Crippen LogP contribution in [0.2, 0.25) is 5.02 Å². The Hall–Kier alpha value is -2.65. The molecule has 0 atom stereocenters. The summed E-state index contributed by atoms with van der Waals surface area (Å²) >= 11 is 6.30. The molecule has 1 saturated carbocycles. The molecule has 1 aliphatic carbocycles. The number of piperazine rings is 1. The fraction of sp³-hybridized carbons (Fsp3) is 0.667. The van der Waals surface area contributed by atoms with Crippen molar-refractivity contribution in [2.24, 2.45) is 17.6 Å². The number of hydrogen-bond acceptors (Lipinski definition) is 5. The molecule has 0 spiro atoms. The summed E-state index contributed by atoms with van der Waals surface area (Å²) in [6.07, 6.45) is 10.9. The first-order chi connectivity index (χ1) is 19.4. The minimum absolute atomic E-state index is 0.0863. The molecular formula is C30H44ClN5O4. The van der Waals surface area contributed by atoms with E-state index in [9.17, 15) is 19.2 Å². The summed E-state index contributed by atoms with van der Waals surface area (Å²) in [5, 5.41) is 0.303. The Morgan fingerprint density at radius 1 is 0.950 bits per heavy atom. The number of nitrogens with zero attached hydrogens (tertiary/aromatic N) is 4. The summed E-state index contributed by atoms with van der Waals surface area (Å²) in [4.78, 5) is 56.5. The Bertz CT molecular complexity index is 1030. The van der Waals surface area contributed by atoms with Crippen LogP contribution in [0.1, 0.15) is 74.6 Å². The number of hydrogen-bond donors (Lipinski definition) is 1. The number of anilines is 1. The van der Waals surface area contributed by atoms with Crippen LogP contribution in [-0.2, 0) is 9.59 Å². The highest BCUT2D eigenvalue weighted by atomic mass is 35.5. The van der Waals surface area contributed by atoms with Gasteiger partial charge in [-0.05, 0) is 69.2 Å². The summed E-state index contributed by atoms with van der Waals surface area (Å²) in [5.74, 6) is 1.17. The zero-order valence-electron chi connectivity index (χ0n) is 23.6. The van der Waals surface area contributed by atoms with Gasteiger partial charge in [-0.3, -0.25) is 19.4 Å². The van der Waals surface area contributed by atoms with E-state index < -0.39 is 6.03 Å². The van der Waals surface area contributed by atoms with Crippen LogP contribution in [-0.4, -0.2) is 91.2 Å². The summed E-state index contributed by atoms with van der Waals surface area (Å²) < 4.78 is 0. The lowest BCUT2D eigenvalue weighted by Gasteiger charge is -2.37. The second kappa shape index (κ2) is 14.8. The third-order valence-corrected chi connectivity index (χ3v) is 9.17. The van der Waals surface area contributed by atoms with Gasteiger partial charge < -0.3 is 20.3 Å². The van der Waals surface area contributed by atoms with Crippen molar-refractivity contribution in [1.29, 1.82) is 0 Å². The summed E-state index contributed by atoms with van der Waals surface area (Å²) in [6.45, 7) is 6.23. The molecule has 3 aliphatic rings. The number of nitrogens with two attached hydrogens (primary N) is 1. The molecule has 0 radical (unpaired) electrons. The first kappa shape index (κ1) is 30.3. The molecule has 40 heavy (non-hydrogen) atoms. The minimum Gasteiger partial charge on any atom is -0.351 e. The van der Waals surface area contributed by atoms with Gasteiger partial charge in [-0.2, -0.15) is 0 Å². The average molecular weight is 574 g/mol. The predicted molar refractivity (Wildman–Crippen MR) is 157 cm³/mol. The molecule has 220 valence electrons. The Balaban J connectivity index is 1.18. The average Bonchev–Trinajstić information content (AvgIpc) is 2.98. The van der Waals surface area contributed by atoms with Crippen LogP contribution in [0.5, 0.6) is 0 Å². The number of likely N-dealkylation sites (tertiary alicyclic amines) is 1.